The third kappa shape index (κ3) is 3.75. The Labute approximate surface area is 114 Å². The number of hydrogen-bond acceptors (Lipinski definition) is 4. The van der Waals surface area contributed by atoms with Crippen molar-refractivity contribution in [1.82, 2.24) is 9.88 Å². The number of piperidine rings is 1. The van der Waals surface area contributed by atoms with E-state index in [2.05, 4.69) is 22.1 Å². The molecule has 5 heteroatoms. The van der Waals surface area contributed by atoms with Crippen LogP contribution < -0.4 is 11.1 Å². The number of aromatic nitrogens is 1. The van der Waals surface area contributed by atoms with E-state index in [-0.39, 0.29) is 0 Å². The highest BCUT2D eigenvalue weighted by atomic mass is 35.5. The lowest BCUT2D eigenvalue weighted by Gasteiger charge is -2.29. The van der Waals surface area contributed by atoms with Crippen LogP contribution >= 0.6 is 11.6 Å². The van der Waals surface area contributed by atoms with Crippen LogP contribution in [0.1, 0.15) is 26.2 Å². The van der Waals surface area contributed by atoms with Crippen molar-refractivity contribution in [2.45, 2.75) is 32.2 Å². The maximum Gasteiger partial charge on any atom is 0.149 e. The number of rotatable bonds is 4. The minimum atomic E-state index is 0.332. The van der Waals surface area contributed by atoms with Gasteiger partial charge >= 0.3 is 0 Å². The maximum absolute atomic E-state index is 5.88. The summed E-state index contributed by atoms with van der Waals surface area (Å²) >= 11 is 5.83. The van der Waals surface area contributed by atoms with Crippen molar-refractivity contribution in [3.63, 3.8) is 0 Å². The third-order valence-corrected chi connectivity index (χ3v) is 3.45. The number of halogens is 1. The van der Waals surface area contributed by atoms with E-state index in [1.54, 1.807) is 12.3 Å². The largest absolute Gasteiger partial charge is 0.396 e. The van der Waals surface area contributed by atoms with Gasteiger partial charge in [0, 0.05) is 18.8 Å². The molecule has 1 aromatic heterocycles. The molecule has 2 heterocycles. The normalized spacial score (nSPS) is 18.6. The van der Waals surface area contributed by atoms with Crippen LogP contribution in [-0.4, -0.2) is 35.6 Å². The van der Waals surface area contributed by atoms with Crippen LogP contribution in [0.3, 0.4) is 0 Å². The molecule has 1 fully saturated rings. The predicted molar refractivity (Wildman–Crippen MR) is 77.0 cm³/mol. The second-order valence-electron chi connectivity index (χ2n) is 5.00. The molecule has 4 nitrogen and oxygen atoms in total. The number of nitrogens with zero attached hydrogens (tertiary/aromatic N) is 2. The number of pyridine rings is 1. The number of nitrogen functional groups attached to an aromatic ring is 1. The summed E-state index contributed by atoms with van der Waals surface area (Å²) in [5, 5.41) is 3.92. The fourth-order valence-electron chi connectivity index (χ4n) is 2.38. The smallest absolute Gasteiger partial charge is 0.149 e. The van der Waals surface area contributed by atoms with Crippen molar-refractivity contribution in [3.05, 3.63) is 17.3 Å². The summed E-state index contributed by atoms with van der Waals surface area (Å²) in [6, 6.07) is 2.06. The van der Waals surface area contributed by atoms with Crippen LogP contribution in [0.15, 0.2) is 12.3 Å². The molecule has 0 amide bonds. The lowest BCUT2D eigenvalue weighted by molar-refractivity contribution is 0.223. The number of nitrogens with one attached hydrogen (secondary N) is 1. The Morgan fingerprint density at radius 2 is 2.17 bits per heavy atom. The zero-order valence-electron chi connectivity index (χ0n) is 10.8. The van der Waals surface area contributed by atoms with E-state index in [0.717, 1.165) is 12.4 Å². The van der Waals surface area contributed by atoms with E-state index < -0.39 is 0 Å². The number of hydrogen-bond donors (Lipinski definition) is 2. The van der Waals surface area contributed by atoms with Gasteiger partial charge in [-0.1, -0.05) is 18.0 Å². The fourth-order valence-corrected chi connectivity index (χ4v) is 2.55. The van der Waals surface area contributed by atoms with Gasteiger partial charge in [0.25, 0.3) is 0 Å². The minimum Gasteiger partial charge on any atom is -0.396 e. The first-order valence-electron chi connectivity index (χ1n) is 6.55. The zero-order chi connectivity index (χ0) is 13.0. The molecule has 0 radical (unpaired) electrons. The summed E-state index contributed by atoms with van der Waals surface area (Å²) < 4.78 is 0. The Balaban J connectivity index is 1.87. The highest BCUT2D eigenvalue weighted by molar-refractivity contribution is 6.30. The standard InChI is InChI=1S/C13H21ClN4/c1-10(9-18-5-3-2-4-6-18)17-13-12(15)7-11(14)8-16-13/h7-8,10H,2-6,9,15H2,1H3,(H,16,17). The van der Waals surface area contributed by atoms with E-state index in [1.807, 2.05) is 0 Å². The van der Waals surface area contributed by atoms with Crippen molar-refractivity contribution >= 4 is 23.1 Å². The average molecular weight is 269 g/mol. The fraction of sp³-hybridized carbons (Fsp3) is 0.615. The molecule has 0 saturated carbocycles. The van der Waals surface area contributed by atoms with Gasteiger partial charge in [-0.2, -0.15) is 0 Å². The van der Waals surface area contributed by atoms with E-state index in [9.17, 15) is 0 Å². The molecule has 0 aromatic carbocycles. The van der Waals surface area contributed by atoms with E-state index >= 15 is 0 Å². The molecule has 0 aliphatic carbocycles. The molecule has 3 N–H and O–H groups in total. The molecular weight excluding hydrogens is 248 g/mol. The Bertz CT molecular complexity index is 391. The van der Waals surface area contributed by atoms with Gasteiger partial charge in [0.1, 0.15) is 5.82 Å². The summed E-state index contributed by atoms with van der Waals surface area (Å²) in [6.07, 6.45) is 5.61. The van der Waals surface area contributed by atoms with Gasteiger partial charge in [0.05, 0.1) is 10.7 Å². The topological polar surface area (TPSA) is 54.2 Å². The predicted octanol–water partition coefficient (Wildman–Crippen LogP) is 2.60. The number of anilines is 2. The Hall–Kier alpha value is -1.00. The lowest BCUT2D eigenvalue weighted by atomic mass is 10.1. The average Bonchev–Trinajstić information content (AvgIpc) is 2.34. The summed E-state index contributed by atoms with van der Waals surface area (Å²) in [5.74, 6) is 0.726. The van der Waals surface area contributed by atoms with Gasteiger partial charge in [-0.15, -0.1) is 0 Å². The van der Waals surface area contributed by atoms with Crippen LogP contribution in [0.4, 0.5) is 11.5 Å². The molecule has 0 bridgehead atoms. The summed E-state index contributed by atoms with van der Waals surface area (Å²) in [5.41, 5.74) is 6.48. The molecule has 1 saturated heterocycles. The molecule has 18 heavy (non-hydrogen) atoms. The van der Waals surface area contributed by atoms with Crippen molar-refractivity contribution in [1.29, 1.82) is 0 Å². The van der Waals surface area contributed by atoms with Crippen LogP contribution in [0.2, 0.25) is 5.02 Å². The van der Waals surface area contributed by atoms with Crippen LogP contribution in [0.5, 0.6) is 0 Å². The highest BCUT2D eigenvalue weighted by Crippen LogP contribution is 2.20. The van der Waals surface area contributed by atoms with Crippen LogP contribution in [-0.2, 0) is 0 Å². The number of likely N-dealkylation sites (tertiary alicyclic amines) is 1. The van der Waals surface area contributed by atoms with Crippen molar-refractivity contribution in [2.75, 3.05) is 30.7 Å². The summed E-state index contributed by atoms with van der Waals surface area (Å²) in [4.78, 5) is 6.72. The monoisotopic (exact) mass is 268 g/mol. The van der Waals surface area contributed by atoms with Crippen LogP contribution in [0.25, 0.3) is 0 Å². The van der Waals surface area contributed by atoms with E-state index in [1.165, 1.54) is 32.4 Å². The molecule has 2 rings (SSSR count). The second kappa shape index (κ2) is 6.25. The zero-order valence-corrected chi connectivity index (χ0v) is 11.6. The van der Waals surface area contributed by atoms with Gasteiger partial charge in [0.15, 0.2) is 0 Å². The quantitative estimate of drug-likeness (QED) is 0.881. The lowest BCUT2D eigenvalue weighted by Crippen LogP contribution is -2.38. The molecular formula is C13H21ClN4. The third-order valence-electron chi connectivity index (χ3n) is 3.25. The Morgan fingerprint density at radius 3 is 2.83 bits per heavy atom. The van der Waals surface area contributed by atoms with E-state index in [0.29, 0.717) is 16.8 Å². The van der Waals surface area contributed by atoms with Gasteiger partial charge in [-0.3, -0.25) is 0 Å². The molecule has 1 aliphatic heterocycles. The van der Waals surface area contributed by atoms with Crippen molar-refractivity contribution in [2.24, 2.45) is 0 Å². The second-order valence-corrected chi connectivity index (χ2v) is 5.43. The molecule has 100 valence electrons. The minimum absolute atomic E-state index is 0.332. The first-order valence-corrected chi connectivity index (χ1v) is 6.93. The molecule has 1 aliphatic rings. The molecule has 1 aromatic rings. The first-order chi connectivity index (χ1) is 8.65. The van der Waals surface area contributed by atoms with Gasteiger partial charge < -0.3 is 16.0 Å². The Kier molecular flexibility index (Phi) is 4.66. The van der Waals surface area contributed by atoms with Gasteiger partial charge in [0.2, 0.25) is 0 Å². The Morgan fingerprint density at radius 1 is 1.44 bits per heavy atom. The van der Waals surface area contributed by atoms with Crippen LogP contribution in [0, 0.1) is 0 Å². The maximum atomic E-state index is 5.88. The SMILES string of the molecule is CC(CN1CCCCC1)Nc1ncc(Cl)cc1N. The van der Waals surface area contributed by atoms with Gasteiger partial charge in [-0.05, 0) is 38.9 Å². The molecule has 1 atom stereocenters. The summed E-state index contributed by atoms with van der Waals surface area (Å²) in [6.45, 7) is 5.60. The molecule has 1 unspecified atom stereocenters. The number of nitrogens with two attached hydrogens (primary N) is 1. The van der Waals surface area contributed by atoms with Crippen molar-refractivity contribution in [3.8, 4) is 0 Å². The van der Waals surface area contributed by atoms with Gasteiger partial charge in [-0.25, -0.2) is 4.98 Å². The molecule has 0 spiro atoms. The first kappa shape index (κ1) is 13.4. The van der Waals surface area contributed by atoms with Crippen molar-refractivity contribution < 1.29 is 0 Å². The highest BCUT2D eigenvalue weighted by Gasteiger charge is 2.14. The summed E-state index contributed by atoms with van der Waals surface area (Å²) in [7, 11) is 0. The van der Waals surface area contributed by atoms with E-state index in [4.69, 9.17) is 17.3 Å².